The Bertz CT molecular complexity index is 425. The second kappa shape index (κ2) is 7.29. The molecule has 1 atom stereocenters. The van der Waals surface area contributed by atoms with Crippen LogP contribution in [-0.2, 0) is 11.3 Å². The predicted molar refractivity (Wildman–Crippen MR) is 80.9 cm³/mol. The normalized spacial score (nSPS) is 17.1. The van der Waals surface area contributed by atoms with Gasteiger partial charge in [-0.25, -0.2) is 0 Å². The number of hydrogen-bond donors (Lipinski definition) is 2. The minimum atomic E-state index is -0.736. The monoisotopic (exact) mass is 276 g/mol. The van der Waals surface area contributed by atoms with E-state index in [9.17, 15) is 4.79 Å². The van der Waals surface area contributed by atoms with Crippen LogP contribution in [0.4, 0.5) is 5.69 Å². The van der Waals surface area contributed by atoms with Gasteiger partial charge in [-0.2, -0.15) is 0 Å². The number of carbonyl (C=O) groups is 1. The zero-order chi connectivity index (χ0) is 14.4. The number of rotatable bonds is 7. The second-order valence-corrected chi connectivity index (χ2v) is 5.66. The molecule has 1 heterocycles. The largest absolute Gasteiger partial charge is 0.481 e. The molecule has 20 heavy (non-hydrogen) atoms. The van der Waals surface area contributed by atoms with Gasteiger partial charge >= 0.3 is 5.97 Å². The van der Waals surface area contributed by atoms with Gasteiger partial charge in [0.15, 0.2) is 0 Å². The SMILES string of the molecule is CC(CCC(=O)O)Nc1ccc(CN2CCCC2)cc1. The lowest BCUT2D eigenvalue weighted by Crippen LogP contribution is -2.18. The van der Waals surface area contributed by atoms with E-state index in [0.29, 0.717) is 6.42 Å². The number of anilines is 1. The Morgan fingerprint density at radius 3 is 2.55 bits per heavy atom. The molecule has 0 aromatic heterocycles. The lowest BCUT2D eigenvalue weighted by molar-refractivity contribution is -0.137. The maximum atomic E-state index is 10.5. The fourth-order valence-electron chi connectivity index (χ4n) is 2.60. The topological polar surface area (TPSA) is 52.6 Å². The van der Waals surface area contributed by atoms with Gasteiger partial charge in [0, 0.05) is 24.7 Å². The number of nitrogens with zero attached hydrogens (tertiary/aromatic N) is 1. The first-order valence-electron chi connectivity index (χ1n) is 7.43. The second-order valence-electron chi connectivity index (χ2n) is 5.66. The van der Waals surface area contributed by atoms with Crippen molar-refractivity contribution < 1.29 is 9.90 Å². The van der Waals surface area contributed by atoms with E-state index < -0.39 is 5.97 Å². The molecule has 0 saturated carbocycles. The van der Waals surface area contributed by atoms with E-state index in [0.717, 1.165) is 12.2 Å². The van der Waals surface area contributed by atoms with Crippen molar-refractivity contribution in [2.45, 2.75) is 45.2 Å². The van der Waals surface area contributed by atoms with Gasteiger partial charge in [-0.05, 0) is 57.0 Å². The molecule has 110 valence electrons. The Morgan fingerprint density at radius 1 is 1.30 bits per heavy atom. The average molecular weight is 276 g/mol. The molecule has 0 radical (unpaired) electrons. The first-order valence-corrected chi connectivity index (χ1v) is 7.43. The highest BCUT2D eigenvalue weighted by molar-refractivity contribution is 5.66. The first kappa shape index (κ1) is 14.9. The molecule has 0 bridgehead atoms. The van der Waals surface area contributed by atoms with Crippen LogP contribution >= 0.6 is 0 Å². The number of benzene rings is 1. The Hall–Kier alpha value is -1.55. The molecule has 1 aliphatic heterocycles. The third-order valence-corrected chi connectivity index (χ3v) is 3.76. The maximum Gasteiger partial charge on any atom is 0.303 e. The molecule has 1 aromatic carbocycles. The molecule has 1 aliphatic rings. The fraction of sp³-hybridized carbons (Fsp3) is 0.562. The van der Waals surface area contributed by atoms with Gasteiger partial charge in [-0.1, -0.05) is 12.1 Å². The molecular formula is C16H24N2O2. The van der Waals surface area contributed by atoms with E-state index in [2.05, 4.69) is 34.5 Å². The summed E-state index contributed by atoms with van der Waals surface area (Å²) in [6.45, 7) is 5.48. The van der Waals surface area contributed by atoms with Crippen molar-refractivity contribution in [3.05, 3.63) is 29.8 Å². The van der Waals surface area contributed by atoms with Crippen LogP contribution in [-0.4, -0.2) is 35.1 Å². The molecule has 1 unspecified atom stereocenters. The lowest BCUT2D eigenvalue weighted by atomic mass is 10.1. The third kappa shape index (κ3) is 4.85. The van der Waals surface area contributed by atoms with Crippen LogP contribution in [0.3, 0.4) is 0 Å². The van der Waals surface area contributed by atoms with Crippen molar-refractivity contribution >= 4 is 11.7 Å². The van der Waals surface area contributed by atoms with Gasteiger partial charge in [0.2, 0.25) is 0 Å². The Morgan fingerprint density at radius 2 is 1.95 bits per heavy atom. The number of carboxylic acid groups (broad SMARTS) is 1. The van der Waals surface area contributed by atoms with Crippen LogP contribution in [0.2, 0.25) is 0 Å². The highest BCUT2D eigenvalue weighted by Crippen LogP contribution is 2.16. The van der Waals surface area contributed by atoms with Crippen molar-refractivity contribution in [1.82, 2.24) is 4.90 Å². The van der Waals surface area contributed by atoms with E-state index in [-0.39, 0.29) is 12.5 Å². The van der Waals surface area contributed by atoms with Crippen LogP contribution in [0.1, 0.15) is 38.2 Å². The van der Waals surface area contributed by atoms with Crippen LogP contribution in [0, 0.1) is 0 Å². The van der Waals surface area contributed by atoms with E-state index in [4.69, 9.17) is 5.11 Å². The molecule has 2 rings (SSSR count). The smallest absolute Gasteiger partial charge is 0.303 e. The molecule has 0 amide bonds. The predicted octanol–water partition coefficient (Wildman–Crippen LogP) is 2.95. The summed E-state index contributed by atoms with van der Waals surface area (Å²) in [5.41, 5.74) is 2.41. The van der Waals surface area contributed by atoms with Gasteiger partial charge in [-0.15, -0.1) is 0 Å². The van der Waals surface area contributed by atoms with Crippen molar-refractivity contribution in [2.24, 2.45) is 0 Å². The van der Waals surface area contributed by atoms with E-state index in [1.54, 1.807) is 0 Å². The number of hydrogen-bond acceptors (Lipinski definition) is 3. The Kier molecular flexibility index (Phi) is 5.41. The molecule has 1 aromatic rings. The van der Waals surface area contributed by atoms with Gasteiger partial charge in [0.05, 0.1) is 0 Å². The quantitative estimate of drug-likeness (QED) is 0.804. The summed E-state index contributed by atoms with van der Waals surface area (Å²) in [4.78, 5) is 13.0. The minimum absolute atomic E-state index is 0.176. The summed E-state index contributed by atoms with van der Waals surface area (Å²) < 4.78 is 0. The standard InChI is InChI=1S/C16H24N2O2/c1-13(4-9-16(19)20)17-15-7-5-14(6-8-15)12-18-10-2-3-11-18/h5-8,13,17H,2-4,9-12H2,1H3,(H,19,20). The molecule has 0 aliphatic carbocycles. The highest BCUT2D eigenvalue weighted by Gasteiger charge is 2.11. The maximum absolute atomic E-state index is 10.5. The van der Waals surface area contributed by atoms with Gasteiger partial charge in [0.1, 0.15) is 0 Å². The van der Waals surface area contributed by atoms with Crippen LogP contribution in [0.15, 0.2) is 24.3 Å². The zero-order valence-electron chi connectivity index (χ0n) is 12.1. The van der Waals surface area contributed by atoms with Crippen molar-refractivity contribution in [2.75, 3.05) is 18.4 Å². The fourth-order valence-corrected chi connectivity index (χ4v) is 2.60. The third-order valence-electron chi connectivity index (χ3n) is 3.76. The molecule has 0 spiro atoms. The van der Waals surface area contributed by atoms with Gasteiger partial charge in [0.25, 0.3) is 0 Å². The number of carboxylic acids is 1. The molecule has 4 nitrogen and oxygen atoms in total. The van der Waals surface area contributed by atoms with Crippen LogP contribution in [0.25, 0.3) is 0 Å². The number of nitrogens with one attached hydrogen (secondary N) is 1. The van der Waals surface area contributed by atoms with Crippen LogP contribution < -0.4 is 5.32 Å². The summed E-state index contributed by atoms with van der Waals surface area (Å²) in [7, 11) is 0. The van der Waals surface area contributed by atoms with Crippen molar-refractivity contribution in [1.29, 1.82) is 0 Å². The van der Waals surface area contributed by atoms with Gasteiger partial charge in [-0.3, -0.25) is 9.69 Å². The summed E-state index contributed by atoms with van der Waals surface area (Å²) in [5.74, 6) is -0.736. The molecular weight excluding hydrogens is 252 g/mol. The average Bonchev–Trinajstić information content (AvgIpc) is 2.92. The summed E-state index contributed by atoms with van der Waals surface area (Å²) in [5, 5.41) is 12.0. The van der Waals surface area contributed by atoms with Crippen LogP contribution in [0.5, 0.6) is 0 Å². The number of aliphatic carboxylic acids is 1. The summed E-state index contributed by atoms with van der Waals surface area (Å²) in [6, 6.07) is 8.66. The Balaban J connectivity index is 1.79. The van der Waals surface area contributed by atoms with Crippen molar-refractivity contribution in [3.63, 3.8) is 0 Å². The molecule has 4 heteroatoms. The Labute approximate surface area is 120 Å². The van der Waals surface area contributed by atoms with Crippen molar-refractivity contribution in [3.8, 4) is 0 Å². The van der Waals surface area contributed by atoms with E-state index in [1.165, 1.54) is 31.5 Å². The minimum Gasteiger partial charge on any atom is -0.481 e. The lowest BCUT2D eigenvalue weighted by Gasteiger charge is -2.17. The molecule has 1 fully saturated rings. The van der Waals surface area contributed by atoms with E-state index >= 15 is 0 Å². The molecule has 1 saturated heterocycles. The van der Waals surface area contributed by atoms with E-state index in [1.807, 2.05) is 6.92 Å². The molecule has 2 N–H and O–H groups in total. The number of likely N-dealkylation sites (tertiary alicyclic amines) is 1. The highest BCUT2D eigenvalue weighted by atomic mass is 16.4. The first-order chi connectivity index (χ1) is 9.63. The zero-order valence-corrected chi connectivity index (χ0v) is 12.1. The summed E-state index contributed by atoms with van der Waals surface area (Å²) in [6.07, 6.45) is 3.49. The summed E-state index contributed by atoms with van der Waals surface area (Å²) >= 11 is 0. The van der Waals surface area contributed by atoms with Gasteiger partial charge < -0.3 is 10.4 Å².